The van der Waals surface area contributed by atoms with Gasteiger partial charge in [-0.15, -0.1) is 10.2 Å². The van der Waals surface area contributed by atoms with E-state index in [1.54, 1.807) is 0 Å². The molecule has 4 nitrogen and oxygen atoms in total. The average molecular weight is 352 g/mol. The highest BCUT2D eigenvalue weighted by molar-refractivity contribution is 8.00. The topological polar surface area (TPSA) is 56.0 Å². The van der Waals surface area contributed by atoms with Crippen molar-refractivity contribution in [2.24, 2.45) is 0 Å². The molecule has 0 aliphatic heterocycles. The Kier molecular flexibility index (Phi) is 5.04. The molecule has 128 valence electrons. The number of hydrogen-bond acceptors (Lipinski definition) is 5. The summed E-state index contributed by atoms with van der Waals surface area (Å²) < 4.78 is 5.70. The third kappa shape index (κ3) is 3.99. The summed E-state index contributed by atoms with van der Waals surface area (Å²) in [5.74, 6) is 0.525. The van der Waals surface area contributed by atoms with Gasteiger partial charge < -0.3 is 4.42 Å². The van der Waals surface area contributed by atoms with Gasteiger partial charge in [-0.2, -0.15) is 0 Å². The van der Waals surface area contributed by atoms with E-state index in [9.17, 15) is 4.79 Å². The highest BCUT2D eigenvalue weighted by Crippen LogP contribution is 2.28. The minimum atomic E-state index is -0.298. The lowest BCUT2D eigenvalue weighted by molar-refractivity contribution is 0.0993. The van der Waals surface area contributed by atoms with Crippen molar-refractivity contribution in [2.45, 2.75) is 38.2 Å². The molecule has 0 saturated carbocycles. The number of benzene rings is 2. The zero-order valence-electron chi connectivity index (χ0n) is 14.7. The standard InChI is InChI=1S/C20H20N2O2S/c1-12-5-8-16(9-6-12)19-21-22-20(24-19)25-15(4)18(23)17-10-7-13(2)14(3)11-17/h5-11,15H,1-4H3/t15-/m1/s1. The Labute approximate surface area is 151 Å². The van der Waals surface area contributed by atoms with E-state index in [4.69, 9.17) is 4.42 Å². The quantitative estimate of drug-likeness (QED) is 0.476. The second kappa shape index (κ2) is 7.23. The van der Waals surface area contributed by atoms with Gasteiger partial charge in [0.15, 0.2) is 5.78 Å². The molecule has 0 amide bonds. The molecule has 1 atom stereocenters. The first-order valence-corrected chi connectivity index (χ1v) is 9.00. The predicted octanol–water partition coefficient (Wildman–Crippen LogP) is 5.03. The van der Waals surface area contributed by atoms with E-state index >= 15 is 0 Å². The van der Waals surface area contributed by atoms with Crippen molar-refractivity contribution in [3.05, 3.63) is 64.7 Å². The Morgan fingerprint density at radius 3 is 2.40 bits per heavy atom. The molecule has 1 aromatic heterocycles. The summed E-state index contributed by atoms with van der Waals surface area (Å²) in [6, 6.07) is 13.7. The monoisotopic (exact) mass is 352 g/mol. The van der Waals surface area contributed by atoms with Gasteiger partial charge in [-0.3, -0.25) is 4.79 Å². The molecule has 0 bridgehead atoms. The van der Waals surface area contributed by atoms with E-state index in [0.29, 0.717) is 16.7 Å². The van der Waals surface area contributed by atoms with Crippen LogP contribution in [-0.2, 0) is 0 Å². The molecule has 3 aromatic rings. The van der Waals surface area contributed by atoms with E-state index < -0.39 is 0 Å². The number of Topliss-reactive ketones (excluding diaryl/α,β-unsaturated/α-hetero) is 1. The predicted molar refractivity (Wildman–Crippen MR) is 100 cm³/mol. The lowest BCUT2D eigenvalue weighted by Gasteiger charge is -2.09. The van der Waals surface area contributed by atoms with Gasteiger partial charge in [0, 0.05) is 11.1 Å². The molecule has 0 saturated heterocycles. The molecule has 0 aliphatic carbocycles. The van der Waals surface area contributed by atoms with Crippen molar-refractivity contribution in [3.8, 4) is 11.5 Å². The van der Waals surface area contributed by atoms with Crippen molar-refractivity contribution in [3.63, 3.8) is 0 Å². The average Bonchev–Trinajstić information content (AvgIpc) is 3.05. The largest absolute Gasteiger partial charge is 0.411 e. The number of nitrogens with zero attached hydrogens (tertiary/aromatic N) is 2. The molecule has 0 unspecified atom stereocenters. The minimum Gasteiger partial charge on any atom is -0.411 e. The van der Waals surface area contributed by atoms with Crippen LogP contribution in [0.1, 0.15) is 34.0 Å². The van der Waals surface area contributed by atoms with Crippen LogP contribution in [-0.4, -0.2) is 21.2 Å². The minimum absolute atomic E-state index is 0.0585. The van der Waals surface area contributed by atoms with Gasteiger partial charge in [-0.05, 0) is 57.0 Å². The summed E-state index contributed by atoms with van der Waals surface area (Å²) in [7, 11) is 0. The lowest BCUT2D eigenvalue weighted by atomic mass is 10.0. The number of ketones is 1. The molecule has 3 rings (SSSR count). The Balaban J connectivity index is 1.72. The van der Waals surface area contributed by atoms with Gasteiger partial charge in [-0.25, -0.2) is 0 Å². The molecule has 25 heavy (non-hydrogen) atoms. The zero-order valence-corrected chi connectivity index (χ0v) is 15.6. The molecule has 0 aliphatic rings. The summed E-state index contributed by atoms with van der Waals surface area (Å²) in [6.45, 7) is 7.93. The Bertz CT molecular complexity index is 900. The van der Waals surface area contributed by atoms with E-state index in [1.165, 1.54) is 22.9 Å². The maximum absolute atomic E-state index is 12.6. The maximum atomic E-state index is 12.6. The number of carbonyl (C=O) groups excluding carboxylic acids is 1. The number of hydrogen-bond donors (Lipinski definition) is 0. The number of thioether (sulfide) groups is 1. The summed E-state index contributed by atoms with van der Waals surface area (Å²) in [6.07, 6.45) is 0. The Morgan fingerprint density at radius 1 is 1.00 bits per heavy atom. The molecule has 0 radical (unpaired) electrons. The summed E-state index contributed by atoms with van der Waals surface area (Å²) in [4.78, 5) is 12.6. The van der Waals surface area contributed by atoms with Crippen LogP contribution in [0.25, 0.3) is 11.5 Å². The Hall–Kier alpha value is -2.40. The van der Waals surface area contributed by atoms with Crippen LogP contribution < -0.4 is 0 Å². The lowest BCUT2D eigenvalue weighted by Crippen LogP contribution is -2.13. The van der Waals surface area contributed by atoms with Gasteiger partial charge in [0.2, 0.25) is 5.89 Å². The van der Waals surface area contributed by atoms with E-state index in [-0.39, 0.29) is 11.0 Å². The molecular weight excluding hydrogens is 332 g/mol. The molecular formula is C20H20N2O2S. The maximum Gasteiger partial charge on any atom is 0.277 e. The van der Waals surface area contributed by atoms with Crippen LogP contribution in [0.3, 0.4) is 0 Å². The number of aryl methyl sites for hydroxylation is 3. The van der Waals surface area contributed by atoms with Crippen LogP contribution in [0.5, 0.6) is 0 Å². The fourth-order valence-electron chi connectivity index (χ4n) is 2.40. The highest BCUT2D eigenvalue weighted by atomic mass is 32.2. The zero-order chi connectivity index (χ0) is 18.0. The van der Waals surface area contributed by atoms with E-state index in [2.05, 4.69) is 10.2 Å². The van der Waals surface area contributed by atoms with Crippen LogP contribution in [0.2, 0.25) is 0 Å². The van der Waals surface area contributed by atoms with E-state index in [1.807, 2.05) is 70.2 Å². The fraction of sp³-hybridized carbons (Fsp3) is 0.250. The first kappa shape index (κ1) is 17.4. The van der Waals surface area contributed by atoms with Gasteiger partial charge >= 0.3 is 0 Å². The molecule has 5 heteroatoms. The van der Waals surface area contributed by atoms with E-state index in [0.717, 1.165) is 11.1 Å². The SMILES string of the molecule is Cc1ccc(-c2nnc(S[C@H](C)C(=O)c3ccc(C)c(C)c3)o2)cc1. The van der Waals surface area contributed by atoms with Crippen LogP contribution >= 0.6 is 11.8 Å². The van der Waals surface area contributed by atoms with Gasteiger partial charge in [0.1, 0.15) is 0 Å². The normalized spacial score (nSPS) is 12.2. The van der Waals surface area contributed by atoms with Crippen molar-refractivity contribution in [1.29, 1.82) is 0 Å². The van der Waals surface area contributed by atoms with Crippen molar-refractivity contribution in [2.75, 3.05) is 0 Å². The summed E-state index contributed by atoms with van der Waals surface area (Å²) in [5, 5.41) is 8.24. The Morgan fingerprint density at radius 2 is 1.72 bits per heavy atom. The highest BCUT2D eigenvalue weighted by Gasteiger charge is 2.20. The molecule has 0 fully saturated rings. The second-order valence-corrected chi connectivity index (χ2v) is 7.45. The van der Waals surface area contributed by atoms with Crippen molar-refractivity contribution < 1.29 is 9.21 Å². The summed E-state index contributed by atoms with van der Waals surface area (Å²) >= 11 is 1.29. The number of aromatic nitrogens is 2. The molecule has 0 spiro atoms. The van der Waals surface area contributed by atoms with Crippen LogP contribution in [0.4, 0.5) is 0 Å². The number of rotatable bonds is 5. The first-order chi connectivity index (χ1) is 11.9. The first-order valence-electron chi connectivity index (χ1n) is 8.12. The summed E-state index contributed by atoms with van der Waals surface area (Å²) in [5.41, 5.74) is 5.05. The third-order valence-corrected chi connectivity index (χ3v) is 5.08. The molecule has 1 heterocycles. The number of carbonyl (C=O) groups is 1. The smallest absolute Gasteiger partial charge is 0.277 e. The van der Waals surface area contributed by atoms with Gasteiger partial charge in [0.05, 0.1) is 5.25 Å². The van der Waals surface area contributed by atoms with Crippen molar-refractivity contribution >= 4 is 17.5 Å². The molecule has 0 N–H and O–H groups in total. The van der Waals surface area contributed by atoms with Gasteiger partial charge in [0.25, 0.3) is 5.22 Å². The second-order valence-electron chi connectivity index (χ2n) is 6.16. The molecule has 2 aromatic carbocycles. The fourth-order valence-corrected chi connectivity index (χ4v) is 3.16. The van der Waals surface area contributed by atoms with Crippen LogP contribution in [0, 0.1) is 20.8 Å². The van der Waals surface area contributed by atoms with Gasteiger partial charge in [-0.1, -0.05) is 41.6 Å². The third-order valence-electron chi connectivity index (χ3n) is 4.14. The van der Waals surface area contributed by atoms with Crippen LogP contribution in [0.15, 0.2) is 52.1 Å². The van der Waals surface area contributed by atoms with Crippen molar-refractivity contribution in [1.82, 2.24) is 10.2 Å².